The molecule has 0 saturated carbocycles. The predicted molar refractivity (Wildman–Crippen MR) is 61.8 cm³/mol. The van der Waals surface area contributed by atoms with Gasteiger partial charge in [-0.2, -0.15) is 0 Å². The average molecular weight is 255 g/mol. The number of rotatable bonds is 5. The molecule has 0 saturated heterocycles. The molecule has 0 spiro atoms. The van der Waals surface area contributed by atoms with Crippen molar-refractivity contribution in [1.82, 2.24) is 5.09 Å². The molecule has 0 unspecified atom stereocenters. The SMILES string of the molecule is CC(C)(C)COC(=O)CCNP(O)(O)=S. The third kappa shape index (κ3) is 11.9. The highest BCUT2D eigenvalue weighted by molar-refractivity contribution is 8.08. The van der Waals surface area contributed by atoms with Crippen LogP contribution in [0.25, 0.3) is 0 Å². The van der Waals surface area contributed by atoms with Crippen LogP contribution in [0.4, 0.5) is 0 Å². The maximum Gasteiger partial charge on any atom is 0.307 e. The van der Waals surface area contributed by atoms with E-state index in [1.807, 2.05) is 20.8 Å². The molecule has 90 valence electrons. The van der Waals surface area contributed by atoms with E-state index in [1.54, 1.807) is 0 Å². The van der Waals surface area contributed by atoms with Crippen LogP contribution in [-0.4, -0.2) is 28.9 Å². The van der Waals surface area contributed by atoms with Gasteiger partial charge in [-0.1, -0.05) is 20.8 Å². The predicted octanol–water partition coefficient (Wildman–Crippen LogP) is 0.764. The minimum atomic E-state index is -3.40. The summed E-state index contributed by atoms with van der Waals surface area (Å²) in [6, 6.07) is 0. The third-order valence-corrected chi connectivity index (χ3v) is 2.34. The van der Waals surface area contributed by atoms with Crippen LogP contribution in [0.2, 0.25) is 0 Å². The van der Waals surface area contributed by atoms with E-state index in [2.05, 4.69) is 16.9 Å². The topological polar surface area (TPSA) is 78.8 Å². The number of carbonyl (C=O) groups excluding carboxylic acids is 1. The first kappa shape index (κ1) is 15.0. The van der Waals surface area contributed by atoms with Crippen LogP contribution in [0.3, 0.4) is 0 Å². The van der Waals surface area contributed by atoms with Crippen LogP contribution >= 0.6 is 6.64 Å². The van der Waals surface area contributed by atoms with Gasteiger partial charge in [0.2, 0.25) is 0 Å². The van der Waals surface area contributed by atoms with Crippen molar-refractivity contribution in [2.45, 2.75) is 27.2 Å². The Kier molecular flexibility index (Phi) is 5.92. The van der Waals surface area contributed by atoms with Gasteiger partial charge in [-0.15, -0.1) is 0 Å². The van der Waals surface area contributed by atoms with Gasteiger partial charge in [0.25, 0.3) is 6.64 Å². The van der Waals surface area contributed by atoms with E-state index in [4.69, 9.17) is 14.5 Å². The van der Waals surface area contributed by atoms with Gasteiger partial charge in [0.1, 0.15) is 0 Å². The smallest absolute Gasteiger partial charge is 0.307 e. The number of carbonyl (C=O) groups is 1. The number of hydrogen-bond donors (Lipinski definition) is 3. The standard InChI is InChI=1S/C8H18NO4PS/c1-8(2,3)6-13-7(10)4-5-9-14(11,12)15/h4-6H2,1-3H3,(H3,9,11,12,15). The van der Waals surface area contributed by atoms with Crippen LogP contribution in [-0.2, 0) is 21.3 Å². The summed E-state index contributed by atoms with van der Waals surface area (Å²) in [6.45, 7) is 2.94. The van der Waals surface area contributed by atoms with E-state index < -0.39 is 6.64 Å². The minimum absolute atomic E-state index is 0.0637. The molecule has 5 nitrogen and oxygen atoms in total. The largest absolute Gasteiger partial charge is 0.465 e. The fraction of sp³-hybridized carbons (Fsp3) is 0.875. The van der Waals surface area contributed by atoms with E-state index in [0.29, 0.717) is 6.61 Å². The summed E-state index contributed by atoms with van der Waals surface area (Å²) >= 11 is 4.32. The highest BCUT2D eigenvalue weighted by atomic mass is 32.5. The molecule has 0 aromatic heterocycles. The van der Waals surface area contributed by atoms with E-state index in [0.717, 1.165) is 0 Å². The van der Waals surface area contributed by atoms with Crippen molar-refractivity contribution in [3.63, 3.8) is 0 Å². The minimum Gasteiger partial charge on any atom is -0.465 e. The first-order chi connectivity index (χ1) is 6.60. The second-order valence-corrected chi connectivity index (χ2v) is 7.36. The molecule has 15 heavy (non-hydrogen) atoms. The molecule has 0 aromatic rings. The zero-order chi connectivity index (χ0) is 12.1. The zero-order valence-corrected chi connectivity index (χ0v) is 10.9. The lowest BCUT2D eigenvalue weighted by molar-refractivity contribution is -0.146. The van der Waals surface area contributed by atoms with Crippen molar-refractivity contribution >= 4 is 24.4 Å². The molecule has 3 N–H and O–H groups in total. The van der Waals surface area contributed by atoms with Crippen LogP contribution < -0.4 is 5.09 Å². The van der Waals surface area contributed by atoms with Crippen molar-refractivity contribution in [3.8, 4) is 0 Å². The van der Waals surface area contributed by atoms with E-state index >= 15 is 0 Å². The molecular weight excluding hydrogens is 237 g/mol. The maximum absolute atomic E-state index is 11.1. The van der Waals surface area contributed by atoms with E-state index in [9.17, 15) is 4.79 Å². The van der Waals surface area contributed by atoms with Gasteiger partial charge in [0.15, 0.2) is 0 Å². The summed E-state index contributed by atoms with van der Waals surface area (Å²) in [5.74, 6) is -0.374. The lowest BCUT2D eigenvalue weighted by atomic mass is 9.99. The molecular formula is C8H18NO4PS. The molecule has 0 heterocycles. The first-order valence-electron chi connectivity index (χ1n) is 4.56. The molecule has 0 aliphatic heterocycles. The second kappa shape index (κ2) is 5.92. The van der Waals surface area contributed by atoms with E-state index in [-0.39, 0.29) is 24.3 Å². The van der Waals surface area contributed by atoms with Gasteiger partial charge in [0, 0.05) is 6.54 Å². The Morgan fingerprint density at radius 1 is 1.47 bits per heavy atom. The van der Waals surface area contributed by atoms with Crippen LogP contribution in [0.1, 0.15) is 27.2 Å². The average Bonchev–Trinajstić information content (AvgIpc) is 1.97. The Balaban J connectivity index is 3.64. The van der Waals surface area contributed by atoms with Gasteiger partial charge >= 0.3 is 5.97 Å². The van der Waals surface area contributed by atoms with Crippen LogP contribution in [0.15, 0.2) is 0 Å². The quantitative estimate of drug-likeness (QED) is 0.497. The van der Waals surface area contributed by atoms with Gasteiger partial charge < -0.3 is 14.5 Å². The lowest BCUT2D eigenvalue weighted by Crippen LogP contribution is -2.21. The van der Waals surface area contributed by atoms with Gasteiger partial charge in [0.05, 0.1) is 13.0 Å². The van der Waals surface area contributed by atoms with Gasteiger partial charge in [-0.25, -0.2) is 5.09 Å². The molecule has 0 radical (unpaired) electrons. The number of hydrogen-bond acceptors (Lipinski definition) is 3. The fourth-order valence-electron chi connectivity index (χ4n) is 0.673. The lowest BCUT2D eigenvalue weighted by Gasteiger charge is -2.17. The van der Waals surface area contributed by atoms with E-state index in [1.165, 1.54) is 0 Å². The van der Waals surface area contributed by atoms with Crippen molar-refractivity contribution in [3.05, 3.63) is 0 Å². The molecule has 7 heteroatoms. The summed E-state index contributed by atoms with van der Waals surface area (Å²) in [4.78, 5) is 28.7. The zero-order valence-electron chi connectivity index (χ0n) is 9.19. The van der Waals surface area contributed by atoms with Gasteiger partial charge in [-0.05, 0) is 17.2 Å². The highest BCUT2D eigenvalue weighted by Gasteiger charge is 2.14. The summed E-state index contributed by atoms with van der Waals surface area (Å²) in [6.07, 6.45) is 0.0790. The molecule has 0 atom stereocenters. The van der Waals surface area contributed by atoms with Gasteiger partial charge in [-0.3, -0.25) is 4.79 Å². The third-order valence-electron chi connectivity index (χ3n) is 1.31. The van der Waals surface area contributed by atoms with Crippen molar-refractivity contribution in [2.75, 3.05) is 13.2 Å². The molecule has 0 aliphatic carbocycles. The molecule has 0 amide bonds. The van der Waals surface area contributed by atoms with Crippen molar-refractivity contribution in [1.29, 1.82) is 0 Å². The molecule has 0 aromatic carbocycles. The Labute approximate surface area is 95.1 Å². The number of esters is 1. The normalized spacial score (nSPS) is 12.6. The number of ether oxygens (including phenoxy) is 1. The maximum atomic E-state index is 11.1. The summed E-state index contributed by atoms with van der Waals surface area (Å²) in [5, 5.41) is 2.29. The summed E-state index contributed by atoms with van der Waals surface area (Å²) < 4.78 is 4.96. The Bertz CT molecular complexity index is 258. The molecule has 0 aliphatic rings. The molecule has 0 rings (SSSR count). The Hall–Kier alpha value is -0.0000000000000000833. The Morgan fingerprint density at radius 2 is 2.00 bits per heavy atom. The second-order valence-electron chi connectivity index (χ2n) is 4.42. The summed E-state index contributed by atoms with van der Waals surface area (Å²) in [7, 11) is 0. The summed E-state index contributed by atoms with van der Waals surface area (Å²) in [5.41, 5.74) is -0.0637. The van der Waals surface area contributed by atoms with Crippen molar-refractivity contribution in [2.24, 2.45) is 5.41 Å². The van der Waals surface area contributed by atoms with Crippen LogP contribution in [0, 0.1) is 5.41 Å². The van der Waals surface area contributed by atoms with Crippen LogP contribution in [0.5, 0.6) is 0 Å². The molecule has 0 fully saturated rings. The first-order valence-corrected chi connectivity index (χ1v) is 7.27. The fourth-order valence-corrected chi connectivity index (χ4v) is 1.35. The monoisotopic (exact) mass is 255 g/mol. The van der Waals surface area contributed by atoms with Crippen molar-refractivity contribution < 1.29 is 19.3 Å². The number of nitrogens with one attached hydrogen (secondary N) is 1. The molecule has 0 bridgehead atoms. The Morgan fingerprint density at radius 3 is 2.40 bits per heavy atom. The highest BCUT2D eigenvalue weighted by Crippen LogP contribution is 2.28.